The first-order valence-corrected chi connectivity index (χ1v) is 9.77. The number of hydrogen-bond donors (Lipinski definition) is 0. The Bertz CT molecular complexity index is 1010. The number of hydrogen-bond acceptors (Lipinski definition) is 3. The summed E-state index contributed by atoms with van der Waals surface area (Å²) < 4.78 is 3.21. The molecule has 136 valence electrons. The highest BCUT2D eigenvalue weighted by Gasteiger charge is 2.11. The molecular formula is C21H25N3OS. The average Bonchev–Trinajstić information content (AvgIpc) is 2.97. The van der Waals surface area contributed by atoms with E-state index in [1.807, 2.05) is 35.9 Å². The van der Waals surface area contributed by atoms with Gasteiger partial charge >= 0.3 is 0 Å². The third-order valence-corrected chi connectivity index (χ3v) is 6.05. The molecule has 0 saturated heterocycles. The Morgan fingerprint density at radius 1 is 1.04 bits per heavy atom. The molecule has 0 bridgehead atoms. The molecule has 0 atom stereocenters. The predicted octanol–water partition coefficient (Wildman–Crippen LogP) is 4.44. The number of thiazole rings is 1. The molecule has 0 unspecified atom stereocenters. The summed E-state index contributed by atoms with van der Waals surface area (Å²) in [5, 5.41) is 0. The maximum absolute atomic E-state index is 12.6. The quantitative estimate of drug-likeness (QED) is 0.683. The minimum atomic E-state index is -0.200. The first kappa shape index (κ1) is 18.4. The third-order valence-electron chi connectivity index (χ3n) is 4.79. The van der Waals surface area contributed by atoms with Gasteiger partial charge in [0.1, 0.15) is 0 Å². The van der Waals surface area contributed by atoms with Gasteiger partial charge in [-0.05, 0) is 63.1 Å². The van der Waals surface area contributed by atoms with E-state index in [-0.39, 0.29) is 5.91 Å². The molecule has 1 amide bonds. The van der Waals surface area contributed by atoms with Crippen molar-refractivity contribution < 1.29 is 4.79 Å². The van der Waals surface area contributed by atoms with Crippen LogP contribution in [0.3, 0.4) is 0 Å². The molecule has 0 radical (unpaired) electrons. The number of fused-ring (bicyclic) bond motifs is 1. The molecule has 0 aliphatic heterocycles. The number of carbonyl (C=O) groups excluding carboxylic acids is 1. The molecule has 0 saturated carbocycles. The van der Waals surface area contributed by atoms with Crippen LogP contribution in [0.4, 0.5) is 5.69 Å². The SMILES string of the molecule is CCN(CC)c1ccc(C(=O)N=c2sc3c(C)ccc(C)c3n2C)cc1. The highest BCUT2D eigenvalue weighted by molar-refractivity contribution is 7.16. The second kappa shape index (κ2) is 7.46. The van der Waals surface area contributed by atoms with Crippen LogP contribution >= 0.6 is 11.3 Å². The van der Waals surface area contributed by atoms with Crippen molar-refractivity contribution in [2.24, 2.45) is 12.0 Å². The minimum Gasteiger partial charge on any atom is -0.372 e. The van der Waals surface area contributed by atoms with Crippen LogP contribution in [0.15, 0.2) is 41.4 Å². The predicted molar refractivity (Wildman–Crippen MR) is 110 cm³/mol. The van der Waals surface area contributed by atoms with E-state index in [4.69, 9.17) is 0 Å². The summed E-state index contributed by atoms with van der Waals surface area (Å²) in [4.78, 5) is 20.0. The maximum Gasteiger partial charge on any atom is 0.279 e. The molecule has 2 aromatic carbocycles. The number of aromatic nitrogens is 1. The summed E-state index contributed by atoms with van der Waals surface area (Å²) in [5.41, 5.74) is 5.31. The second-order valence-corrected chi connectivity index (χ2v) is 7.43. The molecule has 0 fully saturated rings. The zero-order valence-electron chi connectivity index (χ0n) is 16.0. The Morgan fingerprint density at radius 3 is 2.23 bits per heavy atom. The van der Waals surface area contributed by atoms with Crippen LogP contribution in [0.1, 0.15) is 35.3 Å². The van der Waals surface area contributed by atoms with Crippen molar-refractivity contribution in [1.29, 1.82) is 0 Å². The molecule has 0 aliphatic carbocycles. The number of nitrogens with zero attached hydrogens (tertiary/aromatic N) is 3. The van der Waals surface area contributed by atoms with Crippen LogP contribution in [0, 0.1) is 13.8 Å². The first-order valence-electron chi connectivity index (χ1n) is 8.96. The maximum atomic E-state index is 12.6. The lowest BCUT2D eigenvalue weighted by Gasteiger charge is -2.20. The molecule has 1 heterocycles. The van der Waals surface area contributed by atoms with Crippen LogP contribution < -0.4 is 9.70 Å². The largest absolute Gasteiger partial charge is 0.372 e. The third kappa shape index (κ3) is 3.31. The number of carbonyl (C=O) groups is 1. The Morgan fingerprint density at radius 2 is 1.65 bits per heavy atom. The smallest absolute Gasteiger partial charge is 0.279 e. The van der Waals surface area contributed by atoms with E-state index >= 15 is 0 Å². The van der Waals surface area contributed by atoms with Crippen molar-refractivity contribution in [2.75, 3.05) is 18.0 Å². The van der Waals surface area contributed by atoms with Crippen LogP contribution in [0.25, 0.3) is 10.2 Å². The number of aryl methyl sites for hydroxylation is 3. The van der Waals surface area contributed by atoms with E-state index < -0.39 is 0 Å². The van der Waals surface area contributed by atoms with Crippen molar-refractivity contribution in [3.05, 3.63) is 57.9 Å². The van der Waals surface area contributed by atoms with E-state index in [1.165, 1.54) is 15.8 Å². The normalized spacial score (nSPS) is 12.0. The molecule has 4 nitrogen and oxygen atoms in total. The van der Waals surface area contributed by atoms with Gasteiger partial charge in [-0.3, -0.25) is 4.79 Å². The van der Waals surface area contributed by atoms with E-state index in [0.717, 1.165) is 29.1 Å². The first-order chi connectivity index (χ1) is 12.5. The van der Waals surface area contributed by atoms with Crippen LogP contribution in [-0.4, -0.2) is 23.6 Å². The van der Waals surface area contributed by atoms with Gasteiger partial charge in [0.2, 0.25) is 0 Å². The van der Waals surface area contributed by atoms with Gasteiger partial charge in [-0.1, -0.05) is 23.5 Å². The van der Waals surface area contributed by atoms with Crippen LogP contribution in [0.5, 0.6) is 0 Å². The van der Waals surface area contributed by atoms with E-state index in [1.54, 1.807) is 11.3 Å². The second-order valence-electron chi connectivity index (χ2n) is 6.46. The van der Waals surface area contributed by atoms with E-state index in [2.05, 4.69) is 49.7 Å². The van der Waals surface area contributed by atoms with Gasteiger partial charge in [0.05, 0.1) is 10.2 Å². The fourth-order valence-electron chi connectivity index (χ4n) is 3.22. The topological polar surface area (TPSA) is 37.6 Å². The Labute approximate surface area is 158 Å². The highest BCUT2D eigenvalue weighted by atomic mass is 32.1. The summed E-state index contributed by atoms with van der Waals surface area (Å²) in [7, 11) is 1.97. The molecular weight excluding hydrogens is 342 g/mol. The zero-order valence-corrected chi connectivity index (χ0v) is 16.9. The lowest BCUT2D eigenvalue weighted by molar-refractivity contribution is 0.0998. The van der Waals surface area contributed by atoms with Gasteiger partial charge in [0.15, 0.2) is 4.80 Å². The molecule has 3 rings (SSSR count). The van der Waals surface area contributed by atoms with Gasteiger partial charge in [0.25, 0.3) is 5.91 Å². The number of rotatable bonds is 4. The highest BCUT2D eigenvalue weighted by Crippen LogP contribution is 2.24. The van der Waals surface area contributed by atoms with Crippen molar-refractivity contribution in [3.63, 3.8) is 0 Å². The standard InChI is InChI=1S/C21H25N3OS/c1-6-24(7-2)17-12-10-16(11-13-17)20(25)22-21-23(5)18-14(3)8-9-15(4)19(18)26-21/h8-13H,6-7H2,1-5H3. The fourth-order valence-corrected chi connectivity index (χ4v) is 4.39. The number of anilines is 1. The molecule has 0 N–H and O–H groups in total. The summed E-state index contributed by atoms with van der Waals surface area (Å²) in [6.07, 6.45) is 0. The lowest BCUT2D eigenvalue weighted by Crippen LogP contribution is -2.21. The van der Waals surface area contributed by atoms with Crippen molar-refractivity contribution in [1.82, 2.24) is 4.57 Å². The number of benzene rings is 2. The van der Waals surface area contributed by atoms with Crippen molar-refractivity contribution in [3.8, 4) is 0 Å². The molecule has 3 aromatic rings. The summed E-state index contributed by atoms with van der Waals surface area (Å²) in [6.45, 7) is 10.3. The van der Waals surface area contributed by atoms with Gasteiger partial charge in [-0.25, -0.2) is 0 Å². The van der Waals surface area contributed by atoms with E-state index in [9.17, 15) is 4.79 Å². The molecule has 0 spiro atoms. The van der Waals surface area contributed by atoms with Crippen LogP contribution in [-0.2, 0) is 7.05 Å². The summed E-state index contributed by atoms with van der Waals surface area (Å²) in [6, 6.07) is 11.9. The molecule has 5 heteroatoms. The van der Waals surface area contributed by atoms with E-state index in [0.29, 0.717) is 5.56 Å². The average molecular weight is 368 g/mol. The van der Waals surface area contributed by atoms with Crippen molar-refractivity contribution in [2.45, 2.75) is 27.7 Å². The lowest BCUT2D eigenvalue weighted by atomic mass is 10.1. The van der Waals surface area contributed by atoms with Crippen LogP contribution in [0.2, 0.25) is 0 Å². The zero-order chi connectivity index (χ0) is 18.8. The Balaban J connectivity index is 1.99. The molecule has 1 aromatic heterocycles. The van der Waals surface area contributed by atoms with Gasteiger partial charge < -0.3 is 9.47 Å². The van der Waals surface area contributed by atoms with Gasteiger partial charge in [-0.15, -0.1) is 0 Å². The molecule has 0 aliphatic rings. The fraction of sp³-hybridized carbons (Fsp3) is 0.333. The monoisotopic (exact) mass is 367 g/mol. The van der Waals surface area contributed by atoms with Crippen molar-refractivity contribution >= 4 is 33.1 Å². The van der Waals surface area contributed by atoms with Gasteiger partial charge in [0, 0.05) is 31.4 Å². The summed E-state index contributed by atoms with van der Waals surface area (Å²) >= 11 is 1.57. The Hall–Kier alpha value is -2.40. The molecule has 26 heavy (non-hydrogen) atoms. The van der Waals surface area contributed by atoms with Gasteiger partial charge in [-0.2, -0.15) is 4.99 Å². The number of amides is 1. The Kier molecular flexibility index (Phi) is 5.28. The minimum absolute atomic E-state index is 0.200. The summed E-state index contributed by atoms with van der Waals surface area (Å²) in [5.74, 6) is -0.200.